The smallest absolute Gasteiger partial charge is 0.226 e. The number of hydrogen-bond donors (Lipinski definition) is 1. The molecule has 0 amide bonds. The Kier molecular flexibility index (Phi) is 4.28. The molecule has 0 aromatic carbocycles. The fraction of sp³-hybridized carbons (Fsp3) is 0.600. The van der Waals surface area contributed by atoms with Gasteiger partial charge in [-0.25, -0.2) is 13.4 Å². The lowest BCUT2D eigenvalue weighted by atomic mass is 10.4. The lowest BCUT2D eigenvalue weighted by Crippen LogP contribution is -2.26. The molecule has 0 aliphatic carbocycles. The van der Waals surface area contributed by atoms with Crippen LogP contribution in [0, 0.1) is 6.92 Å². The lowest BCUT2D eigenvalue weighted by Gasteiger charge is -2.13. The van der Waals surface area contributed by atoms with Gasteiger partial charge in [-0.15, -0.1) is 0 Å². The van der Waals surface area contributed by atoms with Crippen LogP contribution in [0.25, 0.3) is 0 Å². The quantitative estimate of drug-likeness (QED) is 0.835. The Morgan fingerprint density at radius 3 is 2.65 bits per heavy atom. The molecular weight excluding hydrogens is 242 g/mol. The van der Waals surface area contributed by atoms with Gasteiger partial charge in [-0.3, -0.25) is 0 Å². The zero-order chi connectivity index (χ0) is 13.1. The fourth-order valence-electron chi connectivity index (χ4n) is 1.42. The van der Waals surface area contributed by atoms with E-state index in [-0.39, 0.29) is 11.8 Å². The molecule has 0 saturated heterocycles. The molecule has 1 N–H and O–H groups in total. The van der Waals surface area contributed by atoms with Crippen molar-refractivity contribution >= 4 is 15.8 Å². The van der Waals surface area contributed by atoms with E-state index in [4.69, 9.17) is 4.74 Å². The van der Waals surface area contributed by atoms with E-state index >= 15 is 0 Å². The Hall–Kier alpha value is -1.37. The molecule has 0 aliphatic rings. The summed E-state index contributed by atoms with van der Waals surface area (Å²) in [6.45, 7) is 3.58. The molecule has 6 nitrogen and oxygen atoms in total. The number of nitrogens with one attached hydrogen (secondary N) is 1. The van der Waals surface area contributed by atoms with E-state index in [2.05, 4.69) is 15.3 Å². The van der Waals surface area contributed by atoms with Crippen LogP contribution < -0.4 is 10.1 Å². The van der Waals surface area contributed by atoms with Gasteiger partial charge in [-0.2, -0.15) is 4.98 Å². The normalized spacial score (nSPS) is 13.2. The zero-order valence-corrected chi connectivity index (χ0v) is 11.2. The topological polar surface area (TPSA) is 81.2 Å². The van der Waals surface area contributed by atoms with Gasteiger partial charge in [0.05, 0.1) is 12.9 Å². The predicted molar refractivity (Wildman–Crippen MR) is 66.1 cm³/mol. The molecule has 1 atom stereocenters. The largest absolute Gasteiger partial charge is 0.481 e. The van der Waals surface area contributed by atoms with Crippen LogP contribution in [0.2, 0.25) is 0 Å². The SMILES string of the molecule is COc1cc(C)nc(NC(C)CS(C)(=O)=O)n1. The maximum Gasteiger partial charge on any atom is 0.226 e. The molecule has 1 heterocycles. The van der Waals surface area contributed by atoms with E-state index in [0.717, 1.165) is 5.69 Å². The van der Waals surface area contributed by atoms with Crippen molar-refractivity contribution in [2.75, 3.05) is 24.4 Å². The molecule has 0 bridgehead atoms. The molecule has 0 radical (unpaired) electrons. The number of ether oxygens (including phenoxy) is 1. The first-order valence-electron chi connectivity index (χ1n) is 5.14. The molecule has 17 heavy (non-hydrogen) atoms. The number of aryl methyl sites for hydroxylation is 1. The highest BCUT2D eigenvalue weighted by Crippen LogP contribution is 2.12. The average Bonchev–Trinajstić information content (AvgIpc) is 2.13. The molecule has 0 saturated carbocycles. The van der Waals surface area contributed by atoms with Crippen molar-refractivity contribution in [3.63, 3.8) is 0 Å². The Labute approximate surface area is 101 Å². The van der Waals surface area contributed by atoms with Crippen LogP contribution in [-0.4, -0.2) is 43.5 Å². The van der Waals surface area contributed by atoms with Crippen molar-refractivity contribution in [2.24, 2.45) is 0 Å². The highest BCUT2D eigenvalue weighted by molar-refractivity contribution is 7.90. The standard InChI is InChI=1S/C10H17N3O3S/c1-7-5-9(16-3)13-10(11-7)12-8(2)6-17(4,14)15/h5,8H,6H2,1-4H3,(H,11,12,13). The minimum atomic E-state index is -3.02. The van der Waals surface area contributed by atoms with Crippen LogP contribution in [0.5, 0.6) is 5.88 Å². The molecule has 1 aromatic heterocycles. The van der Waals surface area contributed by atoms with Gasteiger partial charge in [0.25, 0.3) is 0 Å². The summed E-state index contributed by atoms with van der Waals surface area (Å²) in [5.41, 5.74) is 0.755. The van der Waals surface area contributed by atoms with E-state index in [1.165, 1.54) is 13.4 Å². The van der Waals surface area contributed by atoms with Gasteiger partial charge in [0.15, 0.2) is 0 Å². The monoisotopic (exact) mass is 259 g/mol. The first-order chi connectivity index (χ1) is 7.80. The van der Waals surface area contributed by atoms with Gasteiger partial charge in [-0.05, 0) is 13.8 Å². The minimum absolute atomic E-state index is 0.0343. The lowest BCUT2D eigenvalue weighted by molar-refractivity contribution is 0.397. The summed E-state index contributed by atoms with van der Waals surface area (Å²) in [7, 11) is -1.50. The number of anilines is 1. The number of hydrogen-bond acceptors (Lipinski definition) is 6. The van der Waals surface area contributed by atoms with E-state index in [1.54, 1.807) is 13.0 Å². The van der Waals surface area contributed by atoms with E-state index in [1.807, 2.05) is 6.92 Å². The third-order valence-electron chi connectivity index (χ3n) is 1.97. The summed E-state index contributed by atoms with van der Waals surface area (Å²) in [5.74, 6) is 0.858. The third kappa shape index (κ3) is 4.99. The second kappa shape index (κ2) is 5.31. The second-order valence-corrected chi connectivity index (χ2v) is 6.20. The van der Waals surface area contributed by atoms with Crippen LogP contribution in [0.15, 0.2) is 6.07 Å². The van der Waals surface area contributed by atoms with Crippen LogP contribution in [0.3, 0.4) is 0 Å². The van der Waals surface area contributed by atoms with Gasteiger partial charge < -0.3 is 10.1 Å². The molecule has 1 rings (SSSR count). The molecule has 0 fully saturated rings. The summed E-state index contributed by atoms with van der Waals surface area (Å²) in [6.07, 6.45) is 1.20. The fourth-order valence-corrected chi connectivity index (χ4v) is 2.42. The number of sulfone groups is 1. The van der Waals surface area contributed by atoms with Gasteiger partial charge in [0.1, 0.15) is 9.84 Å². The second-order valence-electron chi connectivity index (χ2n) is 4.01. The van der Waals surface area contributed by atoms with Gasteiger partial charge in [0.2, 0.25) is 11.8 Å². The number of rotatable bonds is 5. The van der Waals surface area contributed by atoms with Crippen LogP contribution in [0.1, 0.15) is 12.6 Å². The summed E-state index contributed by atoms with van der Waals surface area (Å²) < 4.78 is 27.2. The van der Waals surface area contributed by atoms with Gasteiger partial charge in [-0.1, -0.05) is 0 Å². The predicted octanol–water partition coefficient (Wildman–Crippen LogP) is 0.639. The van der Waals surface area contributed by atoms with Crippen LogP contribution in [0.4, 0.5) is 5.95 Å². The van der Waals surface area contributed by atoms with Gasteiger partial charge in [0, 0.05) is 24.1 Å². The van der Waals surface area contributed by atoms with E-state index in [0.29, 0.717) is 11.8 Å². The third-order valence-corrected chi connectivity index (χ3v) is 3.07. The number of aromatic nitrogens is 2. The first-order valence-corrected chi connectivity index (χ1v) is 7.20. The molecule has 1 aromatic rings. The molecule has 0 spiro atoms. The Bertz CT molecular complexity index is 488. The summed E-state index contributed by atoms with van der Waals surface area (Å²) in [4.78, 5) is 8.24. The Balaban J connectivity index is 2.77. The molecular formula is C10H17N3O3S. The molecule has 96 valence electrons. The first kappa shape index (κ1) is 13.7. The Morgan fingerprint density at radius 1 is 1.47 bits per heavy atom. The maximum atomic E-state index is 11.1. The number of nitrogens with zero attached hydrogens (tertiary/aromatic N) is 2. The van der Waals surface area contributed by atoms with Crippen LogP contribution >= 0.6 is 0 Å². The highest BCUT2D eigenvalue weighted by atomic mass is 32.2. The number of methoxy groups -OCH3 is 1. The van der Waals surface area contributed by atoms with Gasteiger partial charge >= 0.3 is 0 Å². The van der Waals surface area contributed by atoms with Crippen molar-refractivity contribution in [3.05, 3.63) is 11.8 Å². The van der Waals surface area contributed by atoms with Crippen molar-refractivity contribution in [1.82, 2.24) is 9.97 Å². The summed E-state index contributed by atoms with van der Waals surface area (Å²) in [5, 5.41) is 2.93. The molecule has 7 heteroatoms. The average molecular weight is 259 g/mol. The molecule has 1 unspecified atom stereocenters. The minimum Gasteiger partial charge on any atom is -0.481 e. The van der Waals surface area contributed by atoms with Crippen LogP contribution in [-0.2, 0) is 9.84 Å². The highest BCUT2D eigenvalue weighted by Gasteiger charge is 2.12. The zero-order valence-electron chi connectivity index (χ0n) is 10.4. The summed E-state index contributed by atoms with van der Waals surface area (Å²) >= 11 is 0. The molecule has 0 aliphatic heterocycles. The van der Waals surface area contributed by atoms with E-state index in [9.17, 15) is 8.42 Å². The van der Waals surface area contributed by atoms with Crippen molar-refractivity contribution in [3.8, 4) is 5.88 Å². The Morgan fingerprint density at radius 2 is 2.12 bits per heavy atom. The van der Waals surface area contributed by atoms with Crippen molar-refractivity contribution in [2.45, 2.75) is 19.9 Å². The van der Waals surface area contributed by atoms with Crippen molar-refractivity contribution < 1.29 is 13.2 Å². The summed E-state index contributed by atoms with van der Waals surface area (Å²) in [6, 6.07) is 1.45. The van der Waals surface area contributed by atoms with E-state index < -0.39 is 9.84 Å². The van der Waals surface area contributed by atoms with Crippen molar-refractivity contribution in [1.29, 1.82) is 0 Å². The maximum absolute atomic E-state index is 11.1.